The highest BCUT2D eigenvalue weighted by Gasteiger charge is 2.20. The second-order valence-corrected chi connectivity index (χ2v) is 4.78. The first-order valence-corrected chi connectivity index (χ1v) is 6.72. The lowest BCUT2D eigenvalue weighted by Gasteiger charge is -2.13. The molecule has 1 atom stereocenters. The average molecular weight is 342 g/mol. The van der Waals surface area contributed by atoms with Crippen LogP contribution in [-0.2, 0) is 9.53 Å². The molecule has 0 unspecified atom stereocenters. The second kappa shape index (κ2) is 7.69. The van der Waals surface area contributed by atoms with E-state index in [0.29, 0.717) is 22.3 Å². The summed E-state index contributed by atoms with van der Waals surface area (Å²) in [4.78, 5) is 23.6. The number of esters is 1. The van der Waals surface area contributed by atoms with Gasteiger partial charge in [-0.1, -0.05) is 6.08 Å². The summed E-state index contributed by atoms with van der Waals surface area (Å²) in [5, 5.41) is 2.56. The first-order chi connectivity index (χ1) is 9.49. The predicted molar refractivity (Wildman–Crippen MR) is 78.8 cm³/mol. The lowest BCUT2D eigenvalue weighted by atomic mass is 10.2. The number of benzene rings is 1. The van der Waals surface area contributed by atoms with E-state index >= 15 is 0 Å². The summed E-state index contributed by atoms with van der Waals surface area (Å²) < 4.78 is 10.7. The highest BCUT2D eigenvalue weighted by Crippen LogP contribution is 2.23. The quantitative estimate of drug-likeness (QED) is 0.637. The van der Waals surface area contributed by atoms with E-state index in [4.69, 9.17) is 9.47 Å². The fraction of sp³-hybridized carbons (Fsp3) is 0.286. The minimum Gasteiger partial charge on any atom is -0.497 e. The Hall–Kier alpha value is -1.82. The summed E-state index contributed by atoms with van der Waals surface area (Å²) >= 11 is 3.26. The third-order valence-electron chi connectivity index (χ3n) is 2.47. The molecule has 0 saturated carbocycles. The van der Waals surface area contributed by atoms with E-state index < -0.39 is 12.1 Å². The van der Waals surface area contributed by atoms with E-state index in [1.165, 1.54) is 14.0 Å². The maximum absolute atomic E-state index is 12.0. The second-order valence-electron chi connectivity index (χ2n) is 3.93. The topological polar surface area (TPSA) is 64.6 Å². The number of carbonyl (C=O) groups excluding carboxylic acids is 2. The molecule has 0 spiro atoms. The van der Waals surface area contributed by atoms with Gasteiger partial charge in [0.15, 0.2) is 6.10 Å². The number of methoxy groups -OCH3 is 1. The van der Waals surface area contributed by atoms with Crippen LogP contribution < -0.4 is 10.1 Å². The Kier molecular flexibility index (Phi) is 6.24. The molecule has 0 aliphatic heterocycles. The van der Waals surface area contributed by atoms with Gasteiger partial charge in [0.2, 0.25) is 0 Å². The van der Waals surface area contributed by atoms with Gasteiger partial charge < -0.3 is 14.8 Å². The minimum absolute atomic E-state index is 0.299. The van der Waals surface area contributed by atoms with Crippen molar-refractivity contribution in [3.63, 3.8) is 0 Å². The first-order valence-electron chi connectivity index (χ1n) is 5.92. The fourth-order valence-corrected chi connectivity index (χ4v) is 1.79. The lowest BCUT2D eigenvalue weighted by Crippen LogP contribution is -2.35. The third-order valence-corrected chi connectivity index (χ3v) is 3.16. The van der Waals surface area contributed by atoms with Crippen molar-refractivity contribution in [1.29, 1.82) is 0 Å². The van der Waals surface area contributed by atoms with Gasteiger partial charge >= 0.3 is 5.97 Å². The number of hydrogen-bond acceptors (Lipinski definition) is 4. The molecule has 0 radical (unpaired) electrons. The molecular formula is C14H16BrNO4. The van der Waals surface area contributed by atoms with Crippen molar-refractivity contribution in [3.05, 3.63) is 40.9 Å². The Labute approximate surface area is 126 Å². The molecule has 0 aromatic heterocycles. The Morgan fingerprint density at radius 3 is 2.80 bits per heavy atom. The van der Waals surface area contributed by atoms with Crippen LogP contribution in [0, 0.1) is 0 Å². The molecule has 1 amide bonds. The van der Waals surface area contributed by atoms with Crippen LogP contribution in [0.1, 0.15) is 17.3 Å². The molecule has 0 aliphatic rings. The predicted octanol–water partition coefficient (Wildman–Crippen LogP) is 2.31. The Morgan fingerprint density at radius 2 is 2.20 bits per heavy atom. The standard InChI is InChI=1S/C14H16BrNO4/c1-4-7-16-13(17)9(2)20-14(18)11-8-10(19-3)5-6-12(11)15/h4-6,8-9H,1,7H2,2-3H3,(H,16,17)/t9-/m1/s1. The van der Waals surface area contributed by atoms with Crippen molar-refractivity contribution in [2.45, 2.75) is 13.0 Å². The zero-order chi connectivity index (χ0) is 15.1. The van der Waals surface area contributed by atoms with Gasteiger partial charge in [-0.15, -0.1) is 6.58 Å². The highest BCUT2D eigenvalue weighted by atomic mass is 79.9. The van der Waals surface area contributed by atoms with E-state index in [-0.39, 0.29) is 5.91 Å². The number of ether oxygens (including phenoxy) is 2. The van der Waals surface area contributed by atoms with E-state index in [1.807, 2.05) is 0 Å². The van der Waals surface area contributed by atoms with Gasteiger partial charge in [-0.25, -0.2) is 4.79 Å². The van der Waals surface area contributed by atoms with Crippen LogP contribution in [0.2, 0.25) is 0 Å². The Morgan fingerprint density at radius 1 is 1.50 bits per heavy atom. The molecule has 0 heterocycles. The van der Waals surface area contributed by atoms with Gasteiger partial charge in [-0.2, -0.15) is 0 Å². The van der Waals surface area contributed by atoms with Gasteiger partial charge in [-0.05, 0) is 41.1 Å². The summed E-state index contributed by atoms with van der Waals surface area (Å²) in [5.41, 5.74) is 0.299. The molecule has 6 heteroatoms. The van der Waals surface area contributed by atoms with E-state index in [2.05, 4.69) is 27.8 Å². The summed E-state index contributed by atoms with van der Waals surface area (Å²) in [6.45, 7) is 5.32. The van der Waals surface area contributed by atoms with Crippen LogP contribution in [-0.4, -0.2) is 31.6 Å². The lowest BCUT2D eigenvalue weighted by molar-refractivity contribution is -0.128. The van der Waals surface area contributed by atoms with Crippen LogP contribution >= 0.6 is 15.9 Å². The number of carbonyl (C=O) groups is 2. The molecule has 1 aromatic carbocycles. The Balaban J connectivity index is 2.75. The SMILES string of the molecule is C=CCNC(=O)[C@@H](C)OC(=O)c1cc(OC)ccc1Br. The normalized spacial score (nSPS) is 11.3. The molecule has 108 valence electrons. The number of amides is 1. The molecule has 0 saturated heterocycles. The Bertz CT molecular complexity index is 516. The number of nitrogens with one attached hydrogen (secondary N) is 1. The molecule has 1 N–H and O–H groups in total. The van der Waals surface area contributed by atoms with Crippen molar-refractivity contribution in [2.24, 2.45) is 0 Å². The van der Waals surface area contributed by atoms with E-state index in [9.17, 15) is 9.59 Å². The third kappa shape index (κ3) is 4.38. The summed E-state index contributed by atoms with van der Waals surface area (Å²) in [7, 11) is 1.50. The van der Waals surface area contributed by atoms with Crippen molar-refractivity contribution in [1.82, 2.24) is 5.32 Å². The summed E-state index contributed by atoms with van der Waals surface area (Å²) in [6.07, 6.45) is 0.658. The highest BCUT2D eigenvalue weighted by molar-refractivity contribution is 9.10. The fourth-order valence-electron chi connectivity index (χ4n) is 1.38. The zero-order valence-corrected chi connectivity index (χ0v) is 12.9. The van der Waals surface area contributed by atoms with E-state index in [0.717, 1.165) is 0 Å². The van der Waals surface area contributed by atoms with Crippen LogP contribution in [0.5, 0.6) is 5.75 Å². The maximum atomic E-state index is 12.0. The minimum atomic E-state index is -0.888. The molecular weight excluding hydrogens is 326 g/mol. The summed E-state index contributed by atoms with van der Waals surface area (Å²) in [5.74, 6) is -0.446. The van der Waals surface area contributed by atoms with Crippen molar-refractivity contribution in [2.75, 3.05) is 13.7 Å². The molecule has 0 fully saturated rings. The van der Waals surface area contributed by atoms with Crippen molar-refractivity contribution >= 4 is 27.8 Å². The molecule has 20 heavy (non-hydrogen) atoms. The summed E-state index contributed by atoms with van der Waals surface area (Å²) in [6, 6.07) is 4.93. The van der Waals surface area contributed by atoms with Gasteiger partial charge in [-0.3, -0.25) is 4.79 Å². The zero-order valence-electron chi connectivity index (χ0n) is 11.3. The largest absolute Gasteiger partial charge is 0.497 e. The maximum Gasteiger partial charge on any atom is 0.340 e. The van der Waals surface area contributed by atoms with Gasteiger partial charge in [0, 0.05) is 11.0 Å². The van der Waals surface area contributed by atoms with Crippen molar-refractivity contribution < 1.29 is 19.1 Å². The molecule has 5 nitrogen and oxygen atoms in total. The van der Waals surface area contributed by atoms with Gasteiger partial charge in [0.25, 0.3) is 5.91 Å². The monoisotopic (exact) mass is 341 g/mol. The van der Waals surface area contributed by atoms with Crippen molar-refractivity contribution in [3.8, 4) is 5.75 Å². The average Bonchev–Trinajstić information content (AvgIpc) is 2.44. The van der Waals surface area contributed by atoms with Crippen LogP contribution in [0.3, 0.4) is 0 Å². The van der Waals surface area contributed by atoms with Crippen LogP contribution in [0.4, 0.5) is 0 Å². The molecule has 1 rings (SSSR count). The first kappa shape index (κ1) is 16.2. The number of hydrogen-bond donors (Lipinski definition) is 1. The van der Waals surface area contributed by atoms with Gasteiger partial charge in [0.05, 0.1) is 12.7 Å². The number of halogens is 1. The number of rotatable bonds is 6. The molecule has 0 aliphatic carbocycles. The van der Waals surface area contributed by atoms with Crippen LogP contribution in [0.15, 0.2) is 35.3 Å². The molecule has 0 bridgehead atoms. The molecule has 1 aromatic rings. The smallest absolute Gasteiger partial charge is 0.340 e. The van der Waals surface area contributed by atoms with Gasteiger partial charge in [0.1, 0.15) is 5.75 Å². The van der Waals surface area contributed by atoms with Crippen LogP contribution in [0.25, 0.3) is 0 Å². The van der Waals surface area contributed by atoms with E-state index in [1.54, 1.807) is 24.3 Å².